The average molecular weight is 404 g/mol. The van der Waals surface area contributed by atoms with Gasteiger partial charge in [-0.05, 0) is 30.3 Å². The summed E-state index contributed by atoms with van der Waals surface area (Å²) in [5.74, 6) is 0.513. The van der Waals surface area contributed by atoms with Crippen molar-refractivity contribution in [1.29, 1.82) is 0 Å². The first-order chi connectivity index (χ1) is 14.5. The van der Waals surface area contributed by atoms with Crippen molar-refractivity contribution in [2.45, 2.75) is 6.10 Å². The van der Waals surface area contributed by atoms with Gasteiger partial charge in [0.15, 0.2) is 34.9 Å². The molecule has 1 unspecified atom stereocenters. The molecule has 0 saturated heterocycles. The average Bonchev–Trinajstić information content (AvgIpc) is 2.77. The maximum atomic E-state index is 13.4. The highest BCUT2D eigenvalue weighted by molar-refractivity contribution is 6.14. The van der Waals surface area contributed by atoms with Crippen LogP contribution in [0, 0.1) is 0 Å². The monoisotopic (exact) mass is 404 g/mol. The van der Waals surface area contributed by atoms with Gasteiger partial charge in [0.05, 0.1) is 19.8 Å². The molecule has 0 spiro atoms. The number of carbonyl (C=O) groups is 1. The molecule has 0 saturated carbocycles. The second-order valence-corrected chi connectivity index (χ2v) is 6.72. The zero-order chi connectivity index (χ0) is 21.3. The van der Waals surface area contributed by atoms with Gasteiger partial charge in [0.2, 0.25) is 0 Å². The third-order valence-electron chi connectivity index (χ3n) is 5.01. The molecule has 30 heavy (non-hydrogen) atoms. The van der Waals surface area contributed by atoms with Gasteiger partial charge in [-0.25, -0.2) is 0 Å². The molecule has 6 heteroatoms. The van der Waals surface area contributed by atoms with E-state index >= 15 is 0 Å². The number of Topliss-reactive ketones (excluding diaryl/α,β-unsaturated/α-hetero) is 1. The van der Waals surface area contributed by atoms with E-state index in [1.54, 1.807) is 66.7 Å². The molecule has 6 nitrogen and oxygen atoms in total. The first-order valence-electron chi connectivity index (χ1n) is 9.29. The van der Waals surface area contributed by atoms with E-state index in [-0.39, 0.29) is 34.4 Å². The van der Waals surface area contributed by atoms with Gasteiger partial charge in [-0.3, -0.25) is 4.79 Å². The summed E-state index contributed by atoms with van der Waals surface area (Å²) in [6.07, 6.45) is 0.660. The summed E-state index contributed by atoms with van der Waals surface area (Å²) in [6.45, 7) is 0. The number of phenols is 2. The first-order valence-corrected chi connectivity index (χ1v) is 9.29. The Hall–Kier alpha value is -3.93. The summed E-state index contributed by atoms with van der Waals surface area (Å²) in [4.78, 5) is 13.4. The van der Waals surface area contributed by atoms with Gasteiger partial charge >= 0.3 is 0 Å². The van der Waals surface area contributed by atoms with E-state index in [2.05, 4.69) is 0 Å². The number of hydrogen-bond acceptors (Lipinski definition) is 6. The maximum Gasteiger partial charge on any atom is 0.196 e. The minimum atomic E-state index is -0.895. The molecule has 4 rings (SSSR count). The molecule has 0 amide bonds. The number of carbonyl (C=O) groups excluding carboxylic acids is 1. The summed E-state index contributed by atoms with van der Waals surface area (Å²) in [5.41, 5.74) is 1.45. The molecule has 152 valence electrons. The molecule has 3 aromatic carbocycles. The van der Waals surface area contributed by atoms with Crippen LogP contribution in [0.4, 0.5) is 0 Å². The minimum Gasteiger partial charge on any atom is -0.504 e. The van der Waals surface area contributed by atoms with Crippen molar-refractivity contribution in [3.8, 4) is 28.7 Å². The van der Waals surface area contributed by atoms with Crippen LogP contribution in [0.2, 0.25) is 0 Å². The lowest BCUT2D eigenvalue weighted by Gasteiger charge is -2.29. The largest absolute Gasteiger partial charge is 0.504 e. The SMILES string of the molecule is COc1cccc(/C=C2\C(=O)c3ccccc3OC2c2cccc(OC)c2O)c1O. The van der Waals surface area contributed by atoms with Crippen molar-refractivity contribution in [3.05, 3.63) is 82.9 Å². The van der Waals surface area contributed by atoms with Crippen molar-refractivity contribution >= 4 is 11.9 Å². The third kappa shape index (κ3) is 3.22. The van der Waals surface area contributed by atoms with Crippen molar-refractivity contribution < 1.29 is 29.2 Å². The third-order valence-corrected chi connectivity index (χ3v) is 5.01. The van der Waals surface area contributed by atoms with E-state index < -0.39 is 6.10 Å². The van der Waals surface area contributed by atoms with Gasteiger partial charge in [-0.1, -0.05) is 36.4 Å². The van der Waals surface area contributed by atoms with Gasteiger partial charge in [-0.15, -0.1) is 0 Å². The van der Waals surface area contributed by atoms with Crippen LogP contribution in [0.25, 0.3) is 6.08 Å². The number of benzene rings is 3. The van der Waals surface area contributed by atoms with Crippen LogP contribution in [0.15, 0.2) is 66.2 Å². The van der Waals surface area contributed by atoms with Crippen LogP contribution in [0.5, 0.6) is 28.7 Å². The number of ether oxygens (including phenoxy) is 3. The standard InChI is InChI=1S/C24H20O6/c1-28-19-11-5-7-14(21(19)25)13-17-22(26)15-8-3-4-10-18(15)30-24(17)16-9-6-12-20(29-2)23(16)27/h3-13,24-25,27H,1-2H3/b17-13+. The number of fused-ring (bicyclic) bond motifs is 1. The molecular weight excluding hydrogens is 384 g/mol. The zero-order valence-electron chi connectivity index (χ0n) is 16.5. The van der Waals surface area contributed by atoms with Gasteiger partial charge in [0, 0.05) is 16.7 Å². The zero-order valence-corrected chi connectivity index (χ0v) is 16.5. The summed E-state index contributed by atoms with van der Waals surface area (Å²) < 4.78 is 16.5. The number of ketones is 1. The second-order valence-electron chi connectivity index (χ2n) is 6.72. The number of hydrogen-bond donors (Lipinski definition) is 2. The van der Waals surface area contributed by atoms with Gasteiger partial charge in [-0.2, -0.15) is 0 Å². The van der Waals surface area contributed by atoms with Crippen LogP contribution >= 0.6 is 0 Å². The number of methoxy groups -OCH3 is 2. The summed E-state index contributed by atoms with van der Waals surface area (Å²) in [5, 5.41) is 21.2. The molecule has 0 aromatic heterocycles. The van der Waals surface area contributed by atoms with E-state index in [0.717, 1.165) is 0 Å². The highest BCUT2D eigenvalue weighted by Crippen LogP contribution is 2.45. The van der Waals surface area contributed by atoms with Crippen LogP contribution < -0.4 is 14.2 Å². The van der Waals surface area contributed by atoms with Gasteiger partial charge in [0.25, 0.3) is 0 Å². The van der Waals surface area contributed by atoms with Crippen molar-refractivity contribution in [2.24, 2.45) is 0 Å². The molecule has 1 heterocycles. The summed E-state index contributed by atoms with van der Waals surface area (Å²) in [7, 11) is 2.90. The number of aromatic hydroxyl groups is 2. The lowest BCUT2D eigenvalue weighted by molar-refractivity contribution is 0.0962. The van der Waals surface area contributed by atoms with E-state index in [9.17, 15) is 15.0 Å². The van der Waals surface area contributed by atoms with E-state index in [1.807, 2.05) is 0 Å². The fraction of sp³-hybridized carbons (Fsp3) is 0.125. The second kappa shape index (κ2) is 7.83. The van der Waals surface area contributed by atoms with Crippen molar-refractivity contribution in [2.75, 3.05) is 14.2 Å². The molecule has 0 radical (unpaired) electrons. The Morgan fingerprint density at radius 3 is 2.27 bits per heavy atom. The Bertz CT molecular complexity index is 1150. The Kier molecular flexibility index (Phi) is 5.06. The predicted molar refractivity (Wildman–Crippen MR) is 111 cm³/mol. The van der Waals surface area contributed by atoms with Crippen molar-refractivity contribution in [1.82, 2.24) is 0 Å². The smallest absolute Gasteiger partial charge is 0.196 e. The van der Waals surface area contributed by atoms with Crippen LogP contribution in [-0.4, -0.2) is 30.2 Å². The molecule has 1 atom stereocenters. The molecule has 0 bridgehead atoms. The molecule has 1 aliphatic rings. The Morgan fingerprint density at radius 1 is 0.867 bits per heavy atom. The molecular formula is C24H20O6. The molecule has 0 aliphatic carbocycles. The number of rotatable bonds is 4. The number of para-hydroxylation sites is 3. The first kappa shape index (κ1) is 19.4. The maximum absolute atomic E-state index is 13.4. The van der Waals surface area contributed by atoms with E-state index in [4.69, 9.17) is 14.2 Å². The fourth-order valence-electron chi connectivity index (χ4n) is 3.50. The minimum absolute atomic E-state index is 0.0900. The van der Waals surface area contributed by atoms with E-state index in [1.165, 1.54) is 14.2 Å². The molecule has 0 fully saturated rings. The Morgan fingerprint density at radius 2 is 1.53 bits per heavy atom. The van der Waals surface area contributed by atoms with Crippen LogP contribution in [-0.2, 0) is 0 Å². The highest BCUT2D eigenvalue weighted by atomic mass is 16.5. The quantitative estimate of drug-likeness (QED) is 0.622. The summed E-state index contributed by atoms with van der Waals surface area (Å²) >= 11 is 0. The van der Waals surface area contributed by atoms with Crippen LogP contribution in [0.3, 0.4) is 0 Å². The Balaban J connectivity index is 1.92. The lowest BCUT2D eigenvalue weighted by atomic mass is 9.89. The topological polar surface area (TPSA) is 85.2 Å². The molecule has 3 aromatic rings. The summed E-state index contributed by atoms with van der Waals surface area (Å²) in [6, 6.07) is 16.9. The number of phenolic OH excluding ortho intramolecular Hbond substituents is 2. The van der Waals surface area contributed by atoms with Crippen molar-refractivity contribution in [3.63, 3.8) is 0 Å². The fourth-order valence-corrected chi connectivity index (χ4v) is 3.50. The van der Waals surface area contributed by atoms with Gasteiger partial charge in [0.1, 0.15) is 5.75 Å². The highest BCUT2D eigenvalue weighted by Gasteiger charge is 2.35. The van der Waals surface area contributed by atoms with Crippen LogP contribution in [0.1, 0.15) is 27.6 Å². The predicted octanol–water partition coefficient (Wildman–Crippen LogP) is 4.52. The van der Waals surface area contributed by atoms with E-state index in [0.29, 0.717) is 22.4 Å². The molecule has 1 aliphatic heterocycles. The lowest BCUT2D eigenvalue weighted by Crippen LogP contribution is -2.24. The molecule has 2 N–H and O–H groups in total. The normalized spacial score (nSPS) is 16.7. The Labute approximate surface area is 173 Å². The van der Waals surface area contributed by atoms with Gasteiger partial charge < -0.3 is 24.4 Å².